The summed E-state index contributed by atoms with van der Waals surface area (Å²) in [5, 5.41) is 6.67. The van der Waals surface area contributed by atoms with Crippen molar-refractivity contribution in [3.63, 3.8) is 0 Å². The van der Waals surface area contributed by atoms with Gasteiger partial charge in [-0.15, -0.1) is 0 Å². The van der Waals surface area contributed by atoms with Crippen molar-refractivity contribution < 1.29 is 22.0 Å². The number of primary sulfonamides is 1. The van der Waals surface area contributed by atoms with E-state index in [4.69, 9.17) is 16.7 Å². The van der Waals surface area contributed by atoms with Crippen LogP contribution in [0.2, 0.25) is 5.02 Å². The molecule has 0 saturated heterocycles. The van der Waals surface area contributed by atoms with E-state index >= 15 is 0 Å². The topological polar surface area (TPSA) is 89.3 Å². The van der Waals surface area contributed by atoms with Gasteiger partial charge in [0, 0.05) is 6.04 Å². The molecule has 0 bridgehead atoms. The number of rotatable bonds is 4. The number of sulfonamides is 1. The molecule has 0 radical (unpaired) electrons. The molecule has 9 heteroatoms. The molecule has 2 atom stereocenters. The minimum atomic E-state index is -4.60. The van der Waals surface area contributed by atoms with Gasteiger partial charge in [-0.25, -0.2) is 22.3 Å². The van der Waals surface area contributed by atoms with Crippen molar-refractivity contribution in [3.8, 4) is 0 Å². The average molecular weight is 339 g/mol. The maximum Gasteiger partial charge on any atom is 0.253 e. The fourth-order valence-electron chi connectivity index (χ4n) is 2.12. The van der Waals surface area contributed by atoms with Gasteiger partial charge in [0.2, 0.25) is 10.0 Å². The number of benzene rings is 1. The van der Waals surface area contributed by atoms with Crippen molar-refractivity contribution >= 4 is 27.5 Å². The minimum absolute atomic E-state index is 0.0652. The molecular weight excluding hydrogens is 326 g/mol. The Morgan fingerprint density at radius 3 is 2.62 bits per heavy atom. The second-order valence-electron chi connectivity index (χ2n) is 4.89. The molecule has 1 aromatic rings. The first-order valence-corrected chi connectivity index (χ1v) is 8.10. The van der Waals surface area contributed by atoms with Crippen LogP contribution in [0.1, 0.15) is 30.1 Å². The molecule has 2 rings (SSSR count). The molecule has 1 aliphatic carbocycles. The van der Waals surface area contributed by atoms with E-state index in [9.17, 15) is 22.0 Å². The molecule has 1 amide bonds. The van der Waals surface area contributed by atoms with Crippen molar-refractivity contribution in [1.29, 1.82) is 0 Å². The van der Waals surface area contributed by atoms with E-state index < -0.39 is 43.0 Å². The Morgan fingerprint density at radius 1 is 1.52 bits per heavy atom. The van der Waals surface area contributed by atoms with Gasteiger partial charge in [-0.3, -0.25) is 4.79 Å². The molecule has 1 fully saturated rings. The fourth-order valence-corrected chi connectivity index (χ4v) is 3.37. The Hall–Kier alpha value is -1.25. The van der Waals surface area contributed by atoms with Crippen LogP contribution in [0.4, 0.5) is 8.78 Å². The van der Waals surface area contributed by atoms with Crippen molar-refractivity contribution in [3.05, 3.63) is 28.3 Å². The summed E-state index contributed by atoms with van der Waals surface area (Å²) in [4.78, 5) is 10.8. The van der Waals surface area contributed by atoms with Crippen molar-refractivity contribution in [2.75, 3.05) is 0 Å². The van der Waals surface area contributed by atoms with E-state index in [1.165, 1.54) is 0 Å². The van der Waals surface area contributed by atoms with Crippen LogP contribution in [0.3, 0.4) is 0 Å². The fraction of sp³-hybridized carbons (Fsp3) is 0.417. The summed E-state index contributed by atoms with van der Waals surface area (Å²) in [6.07, 6.45) is 1.66. The molecule has 0 spiro atoms. The summed E-state index contributed by atoms with van der Waals surface area (Å²) in [6.45, 7) is 1.96. The van der Waals surface area contributed by atoms with E-state index in [-0.39, 0.29) is 6.04 Å². The predicted octanol–water partition coefficient (Wildman–Crippen LogP) is 1.79. The number of nitrogens with two attached hydrogens (primary N) is 1. The lowest BCUT2D eigenvalue weighted by Crippen LogP contribution is -2.28. The molecule has 3 N–H and O–H groups in total. The SMILES string of the molecule is CCC1CC1NC(=O)c1cc(F)c(F)c(S(N)(=O)=O)c1Cl. The summed E-state index contributed by atoms with van der Waals surface area (Å²) in [6, 6.07) is 0.495. The second-order valence-corrected chi connectivity index (χ2v) is 6.77. The van der Waals surface area contributed by atoms with Crippen molar-refractivity contribution in [2.45, 2.75) is 30.7 Å². The van der Waals surface area contributed by atoms with Crippen molar-refractivity contribution in [1.82, 2.24) is 5.32 Å². The Kier molecular flexibility index (Phi) is 4.23. The lowest BCUT2D eigenvalue weighted by molar-refractivity contribution is 0.0948. The predicted molar refractivity (Wildman–Crippen MR) is 72.4 cm³/mol. The quantitative estimate of drug-likeness (QED) is 0.820. The van der Waals surface area contributed by atoms with Crippen molar-refractivity contribution in [2.24, 2.45) is 11.1 Å². The molecule has 1 saturated carbocycles. The third-order valence-corrected chi connectivity index (χ3v) is 4.87. The third kappa shape index (κ3) is 3.17. The molecule has 116 valence electrons. The maximum absolute atomic E-state index is 13.5. The normalized spacial score (nSPS) is 21.2. The molecule has 2 unspecified atom stereocenters. The van der Waals surface area contributed by atoms with Crippen LogP contribution in [0.15, 0.2) is 11.0 Å². The average Bonchev–Trinajstić information content (AvgIpc) is 3.10. The zero-order valence-electron chi connectivity index (χ0n) is 11.0. The molecule has 0 heterocycles. The van der Waals surface area contributed by atoms with Gasteiger partial charge in [0.1, 0.15) is 4.90 Å². The van der Waals surface area contributed by atoms with Crippen LogP contribution in [0.25, 0.3) is 0 Å². The van der Waals surface area contributed by atoms with Crippen LogP contribution in [0, 0.1) is 17.6 Å². The summed E-state index contributed by atoms with van der Waals surface area (Å²) >= 11 is 5.71. The van der Waals surface area contributed by atoms with E-state index in [2.05, 4.69) is 5.32 Å². The number of carbonyl (C=O) groups excluding carboxylic acids is 1. The van der Waals surface area contributed by atoms with E-state index in [0.717, 1.165) is 12.8 Å². The highest BCUT2D eigenvalue weighted by atomic mass is 35.5. The zero-order chi connectivity index (χ0) is 15.9. The highest BCUT2D eigenvalue weighted by Gasteiger charge is 2.37. The molecular formula is C12H13ClF2N2O3S. The lowest BCUT2D eigenvalue weighted by Gasteiger charge is -2.10. The number of hydrogen-bond donors (Lipinski definition) is 2. The third-order valence-electron chi connectivity index (χ3n) is 3.41. The van der Waals surface area contributed by atoms with Gasteiger partial charge in [-0.05, 0) is 18.4 Å². The van der Waals surface area contributed by atoms with Gasteiger partial charge >= 0.3 is 0 Å². The first-order valence-electron chi connectivity index (χ1n) is 6.18. The van der Waals surface area contributed by atoms with Crippen LogP contribution in [0.5, 0.6) is 0 Å². The van der Waals surface area contributed by atoms with E-state index in [1.54, 1.807) is 0 Å². The highest BCUT2D eigenvalue weighted by Crippen LogP contribution is 2.34. The molecule has 1 aliphatic rings. The van der Waals surface area contributed by atoms with E-state index in [0.29, 0.717) is 12.0 Å². The van der Waals surface area contributed by atoms with E-state index in [1.807, 2.05) is 6.92 Å². The number of amides is 1. The molecule has 5 nitrogen and oxygen atoms in total. The molecule has 0 aromatic heterocycles. The summed E-state index contributed by atoms with van der Waals surface area (Å²) < 4.78 is 49.6. The number of carbonyl (C=O) groups is 1. The van der Waals surface area contributed by atoms with Crippen LogP contribution < -0.4 is 10.5 Å². The first kappa shape index (κ1) is 16.1. The Bertz CT molecular complexity index is 709. The highest BCUT2D eigenvalue weighted by molar-refractivity contribution is 7.89. The summed E-state index contributed by atoms with van der Waals surface area (Å²) in [7, 11) is -4.60. The standard InChI is InChI=1S/C12H13ClF2N2O3S/c1-2-5-3-8(5)17-12(18)6-4-7(14)10(15)11(9(6)13)21(16,19)20/h4-5,8H,2-3H2,1H3,(H,17,18)(H2,16,19,20). The maximum atomic E-state index is 13.5. The van der Waals surface area contributed by atoms with Crippen LogP contribution in [-0.4, -0.2) is 20.4 Å². The minimum Gasteiger partial charge on any atom is -0.349 e. The number of nitrogens with one attached hydrogen (secondary N) is 1. The Balaban J connectivity index is 2.41. The molecule has 21 heavy (non-hydrogen) atoms. The van der Waals surface area contributed by atoms with Crippen LogP contribution >= 0.6 is 11.6 Å². The van der Waals surface area contributed by atoms with Gasteiger partial charge in [0.25, 0.3) is 5.91 Å². The van der Waals surface area contributed by atoms with Gasteiger partial charge in [0.15, 0.2) is 11.6 Å². The smallest absolute Gasteiger partial charge is 0.253 e. The molecule has 0 aliphatic heterocycles. The van der Waals surface area contributed by atoms with Gasteiger partial charge < -0.3 is 5.32 Å². The molecule has 1 aromatic carbocycles. The number of halogens is 3. The number of hydrogen-bond acceptors (Lipinski definition) is 3. The van der Waals surface area contributed by atoms with Gasteiger partial charge in [0.05, 0.1) is 10.6 Å². The summed E-state index contributed by atoms with van der Waals surface area (Å²) in [5.41, 5.74) is -0.457. The summed E-state index contributed by atoms with van der Waals surface area (Å²) in [5.74, 6) is -3.63. The second kappa shape index (κ2) is 5.51. The van der Waals surface area contributed by atoms with Crippen LogP contribution in [-0.2, 0) is 10.0 Å². The van der Waals surface area contributed by atoms with Gasteiger partial charge in [-0.1, -0.05) is 24.9 Å². The zero-order valence-corrected chi connectivity index (χ0v) is 12.6. The Labute approximate surface area is 125 Å². The van der Waals surface area contributed by atoms with Gasteiger partial charge in [-0.2, -0.15) is 0 Å². The first-order chi connectivity index (χ1) is 9.66. The largest absolute Gasteiger partial charge is 0.349 e. The monoisotopic (exact) mass is 338 g/mol. The Morgan fingerprint density at radius 2 is 2.14 bits per heavy atom. The lowest BCUT2D eigenvalue weighted by atomic mass is 10.2.